The summed E-state index contributed by atoms with van der Waals surface area (Å²) in [5.41, 5.74) is 1.96. The molecule has 0 amide bonds. The molecule has 3 rings (SSSR count). The average molecular weight is 777 g/mol. The first kappa shape index (κ1) is 46.7. The van der Waals surface area contributed by atoms with E-state index in [1.807, 2.05) is 26.0 Å². The van der Waals surface area contributed by atoms with Gasteiger partial charge in [0.15, 0.2) is 18.9 Å². The topological polar surface area (TPSA) is 258 Å². The van der Waals surface area contributed by atoms with Crippen molar-refractivity contribution in [3.8, 4) is 0 Å². The highest BCUT2D eigenvalue weighted by Crippen LogP contribution is 2.31. The molecule has 3 saturated heterocycles. The molecule has 3 aliphatic heterocycles. The lowest BCUT2D eigenvalue weighted by Crippen LogP contribution is -2.64. The van der Waals surface area contributed by atoms with Crippen molar-refractivity contribution in [3.63, 3.8) is 0 Å². The second kappa shape index (κ2) is 21.7. The van der Waals surface area contributed by atoms with Gasteiger partial charge in [-0.3, -0.25) is 0 Å². The van der Waals surface area contributed by atoms with Crippen LogP contribution in [-0.4, -0.2) is 169 Å². The fraction of sp³-hybridized carbons (Fsp3) is 0.789. The fourth-order valence-electron chi connectivity index (χ4n) is 6.31. The Labute approximate surface area is 317 Å². The molecular formula is C38H64O16. The Morgan fingerprint density at radius 1 is 0.667 bits per heavy atom. The summed E-state index contributed by atoms with van der Waals surface area (Å²) in [6.07, 6.45) is -9.94. The van der Waals surface area contributed by atoms with Crippen LogP contribution >= 0.6 is 0 Å². The van der Waals surface area contributed by atoms with Crippen molar-refractivity contribution in [1.82, 2.24) is 0 Å². The van der Waals surface area contributed by atoms with Crippen molar-refractivity contribution in [2.75, 3.05) is 19.8 Å². The lowest BCUT2D eigenvalue weighted by Gasteiger charge is -2.46. The Kier molecular flexibility index (Phi) is 18.8. The summed E-state index contributed by atoms with van der Waals surface area (Å²) in [6.45, 7) is 11.7. The predicted molar refractivity (Wildman–Crippen MR) is 193 cm³/mol. The Hall–Kier alpha value is -1.68. The SMILES string of the molecule is C=CC(C)(O)CCC=C(CO)CCC=C(C)CCC=C(C)COC1OC(COC2OC(C)C(O)C(O)C2O)C(OC2OC(C)C(O)C(O)C2O)C(O)C1O. The summed E-state index contributed by atoms with van der Waals surface area (Å²) in [7, 11) is 0. The first-order chi connectivity index (χ1) is 25.4. The van der Waals surface area contributed by atoms with Gasteiger partial charge in [-0.1, -0.05) is 35.5 Å². The zero-order chi connectivity index (χ0) is 40.3. The molecule has 3 aliphatic rings. The molecule has 312 valence electrons. The maximum Gasteiger partial charge on any atom is 0.187 e. The van der Waals surface area contributed by atoms with Crippen LogP contribution in [0.15, 0.2) is 47.6 Å². The second-order valence-corrected chi connectivity index (χ2v) is 14.9. The third-order valence-corrected chi connectivity index (χ3v) is 10.2. The van der Waals surface area contributed by atoms with Gasteiger partial charge in [-0.2, -0.15) is 0 Å². The quantitative estimate of drug-likeness (QED) is 0.0749. The van der Waals surface area contributed by atoms with Crippen LogP contribution in [0, 0.1) is 0 Å². The minimum Gasteiger partial charge on any atom is -0.392 e. The number of rotatable bonds is 19. The Balaban J connectivity index is 1.60. The van der Waals surface area contributed by atoms with Crippen molar-refractivity contribution in [3.05, 3.63) is 47.6 Å². The van der Waals surface area contributed by atoms with Gasteiger partial charge in [0, 0.05) is 0 Å². The summed E-state index contributed by atoms with van der Waals surface area (Å²) < 4.78 is 34.4. The third kappa shape index (κ3) is 13.2. The van der Waals surface area contributed by atoms with Gasteiger partial charge in [-0.15, -0.1) is 6.58 Å². The molecule has 3 fully saturated rings. The molecule has 0 bridgehead atoms. The van der Waals surface area contributed by atoms with Crippen LogP contribution < -0.4 is 0 Å². The van der Waals surface area contributed by atoms with E-state index in [0.717, 1.165) is 24.0 Å². The van der Waals surface area contributed by atoms with Crippen LogP contribution in [0.2, 0.25) is 0 Å². The highest BCUT2D eigenvalue weighted by atomic mass is 16.8. The third-order valence-electron chi connectivity index (χ3n) is 10.2. The zero-order valence-electron chi connectivity index (χ0n) is 32.0. The standard InChI is InChI=1S/C38H64O16/c1-7-38(6,48)16-10-15-24(17-39)14-9-12-20(2)11-8-13-21(3)18-49-36-33(47)30(44)34(54-37-32(46)29(43)27(41)23(5)52-37)25(53-36)19-50-35-31(45)28(42)26(40)22(4)51-35/h7,12-13,15,22-23,25-37,39-48H,1,8-11,14,16-19H2,2-6H3. The molecule has 54 heavy (non-hydrogen) atoms. The first-order valence-corrected chi connectivity index (χ1v) is 18.7. The van der Waals surface area contributed by atoms with Gasteiger partial charge in [-0.05, 0) is 78.7 Å². The fourth-order valence-corrected chi connectivity index (χ4v) is 6.31. The minimum absolute atomic E-state index is 0.0256. The Morgan fingerprint density at radius 2 is 1.20 bits per heavy atom. The van der Waals surface area contributed by atoms with Crippen LogP contribution in [0.3, 0.4) is 0 Å². The van der Waals surface area contributed by atoms with Gasteiger partial charge in [0.25, 0.3) is 0 Å². The predicted octanol–water partition coefficient (Wildman–Crippen LogP) is -0.405. The molecule has 16 nitrogen and oxygen atoms in total. The molecule has 0 aromatic carbocycles. The highest BCUT2D eigenvalue weighted by Gasteiger charge is 2.51. The van der Waals surface area contributed by atoms with Crippen LogP contribution in [-0.2, 0) is 28.4 Å². The van der Waals surface area contributed by atoms with Crippen molar-refractivity contribution in [2.24, 2.45) is 0 Å². The first-order valence-electron chi connectivity index (χ1n) is 18.7. The van der Waals surface area contributed by atoms with Crippen molar-refractivity contribution in [1.29, 1.82) is 0 Å². The molecule has 10 N–H and O–H groups in total. The van der Waals surface area contributed by atoms with Crippen LogP contribution in [0.25, 0.3) is 0 Å². The van der Waals surface area contributed by atoms with Gasteiger partial charge in [0.1, 0.15) is 61.0 Å². The smallest absolute Gasteiger partial charge is 0.187 e. The van der Waals surface area contributed by atoms with E-state index in [9.17, 15) is 51.1 Å². The summed E-state index contributed by atoms with van der Waals surface area (Å²) in [4.78, 5) is 0. The van der Waals surface area contributed by atoms with E-state index in [-0.39, 0.29) is 13.2 Å². The maximum absolute atomic E-state index is 11.2. The number of aliphatic hydroxyl groups is 10. The van der Waals surface area contributed by atoms with Crippen molar-refractivity contribution in [2.45, 2.75) is 171 Å². The summed E-state index contributed by atoms with van der Waals surface area (Å²) in [6, 6.07) is 0. The van der Waals surface area contributed by atoms with E-state index < -0.39 is 104 Å². The molecule has 0 aromatic heterocycles. The van der Waals surface area contributed by atoms with E-state index in [4.69, 9.17) is 28.4 Å². The van der Waals surface area contributed by atoms with E-state index in [2.05, 4.69) is 12.7 Å². The maximum atomic E-state index is 11.2. The second-order valence-electron chi connectivity index (χ2n) is 14.9. The van der Waals surface area contributed by atoms with Crippen LogP contribution in [0.4, 0.5) is 0 Å². The molecule has 16 heteroatoms. The van der Waals surface area contributed by atoms with Crippen molar-refractivity contribution < 1.29 is 79.5 Å². The molecule has 0 radical (unpaired) electrons. The lowest BCUT2D eigenvalue weighted by atomic mass is 9.97. The largest absolute Gasteiger partial charge is 0.392 e. The van der Waals surface area contributed by atoms with Gasteiger partial charge in [-0.25, -0.2) is 0 Å². The number of aliphatic hydroxyl groups excluding tert-OH is 9. The number of allylic oxidation sites excluding steroid dienone is 4. The van der Waals surface area contributed by atoms with Crippen LogP contribution in [0.1, 0.15) is 73.1 Å². The zero-order valence-corrected chi connectivity index (χ0v) is 32.0. The highest BCUT2D eigenvalue weighted by molar-refractivity contribution is 5.08. The molecule has 16 unspecified atom stereocenters. The van der Waals surface area contributed by atoms with E-state index in [1.54, 1.807) is 6.92 Å². The molecule has 3 heterocycles. The molecular weight excluding hydrogens is 712 g/mol. The van der Waals surface area contributed by atoms with Crippen molar-refractivity contribution >= 4 is 0 Å². The summed E-state index contributed by atoms with van der Waals surface area (Å²) in [5, 5.41) is 104. The monoisotopic (exact) mass is 776 g/mol. The van der Waals surface area contributed by atoms with E-state index in [0.29, 0.717) is 25.7 Å². The Morgan fingerprint density at radius 3 is 1.81 bits per heavy atom. The number of ether oxygens (including phenoxy) is 6. The number of hydrogen-bond donors (Lipinski definition) is 10. The Bertz CT molecular complexity index is 1240. The molecule has 0 spiro atoms. The summed E-state index contributed by atoms with van der Waals surface area (Å²) >= 11 is 0. The van der Waals surface area contributed by atoms with E-state index >= 15 is 0 Å². The molecule has 0 saturated carbocycles. The van der Waals surface area contributed by atoms with E-state index in [1.165, 1.54) is 25.5 Å². The molecule has 0 aromatic rings. The normalized spacial score (nSPS) is 39.7. The average Bonchev–Trinajstić information content (AvgIpc) is 3.14. The van der Waals surface area contributed by atoms with Gasteiger partial charge >= 0.3 is 0 Å². The van der Waals surface area contributed by atoms with Gasteiger partial charge in [0.05, 0.1) is 37.6 Å². The van der Waals surface area contributed by atoms with Gasteiger partial charge in [0.2, 0.25) is 0 Å². The molecule has 16 atom stereocenters. The van der Waals surface area contributed by atoms with Crippen LogP contribution in [0.5, 0.6) is 0 Å². The summed E-state index contributed by atoms with van der Waals surface area (Å²) in [5.74, 6) is 0. The van der Waals surface area contributed by atoms with Gasteiger partial charge < -0.3 is 79.5 Å². The minimum atomic E-state index is -1.73. The molecule has 0 aliphatic carbocycles. The lowest BCUT2D eigenvalue weighted by molar-refractivity contribution is -0.363. The number of hydrogen-bond acceptors (Lipinski definition) is 16.